The quantitative estimate of drug-likeness (QED) is 0.763. The maximum atomic E-state index is 11.9. The molecule has 3 N–H and O–H groups in total. The van der Waals surface area contributed by atoms with E-state index in [1.165, 1.54) is 12.8 Å². The van der Waals surface area contributed by atoms with Crippen LogP contribution in [-0.4, -0.2) is 18.5 Å². The molecule has 0 bridgehead atoms. The number of amides is 1. The first-order valence-electron chi connectivity index (χ1n) is 6.70. The van der Waals surface area contributed by atoms with Crippen LogP contribution >= 0.6 is 0 Å². The highest BCUT2D eigenvalue weighted by molar-refractivity contribution is 5.78. The van der Waals surface area contributed by atoms with Gasteiger partial charge in [-0.3, -0.25) is 4.79 Å². The van der Waals surface area contributed by atoms with Crippen LogP contribution < -0.4 is 11.1 Å². The lowest BCUT2D eigenvalue weighted by Crippen LogP contribution is -2.39. The van der Waals surface area contributed by atoms with Gasteiger partial charge in [0.15, 0.2) is 0 Å². The van der Waals surface area contributed by atoms with Crippen molar-refractivity contribution in [2.45, 2.75) is 51.5 Å². The molecule has 0 saturated heterocycles. The van der Waals surface area contributed by atoms with Crippen molar-refractivity contribution in [1.29, 1.82) is 0 Å². The second kappa shape index (κ2) is 5.17. The van der Waals surface area contributed by atoms with Crippen LogP contribution in [0.15, 0.2) is 0 Å². The fraction of sp³-hybridized carbons (Fsp3) is 0.923. The molecule has 0 heterocycles. The topological polar surface area (TPSA) is 55.1 Å². The van der Waals surface area contributed by atoms with Crippen LogP contribution in [0.25, 0.3) is 0 Å². The molecule has 0 spiro atoms. The highest BCUT2D eigenvalue weighted by atomic mass is 16.1. The van der Waals surface area contributed by atoms with Gasteiger partial charge < -0.3 is 11.1 Å². The van der Waals surface area contributed by atoms with Crippen LogP contribution in [0.1, 0.15) is 45.4 Å². The number of nitrogens with one attached hydrogen (secondary N) is 1. The van der Waals surface area contributed by atoms with Gasteiger partial charge in [-0.1, -0.05) is 13.3 Å². The summed E-state index contributed by atoms with van der Waals surface area (Å²) in [6.07, 6.45) is 6.80. The van der Waals surface area contributed by atoms with E-state index in [0.29, 0.717) is 5.92 Å². The number of carbonyl (C=O) groups is 1. The van der Waals surface area contributed by atoms with Gasteiger partial charge in [-0.2, -0.15) is 0 Å². The van der Waals surface area contributed by atoms with Crippen molar-refractivity contribution >= 4 is 5.91 Å². The number of carbonyl (C=O) groups excluding carboxylic acids is 1. The van der Waals surface area contributed by atoms with E-state index < -0.39 is 0 Å². The maximum absolute atomic E-state index is 11.9. The van der Waals surface area contributed by atoms with Crippen molar-refractivity contribution in [2.24, 2.45) is 23.5 Å². The van der Waals surface area contributed by atoms with Gasteiger partial charge >= 0.3 is 0 Å². The lowest BCUT2D eigenvalue weighted by Gasteiger charge is -2.26. The Labute approximate surface area is 98.2 Å². The third-order valence-electron chi connectivity index (χ3n) is 4.11. The summed E-state index contributed by atoms with van der Waals surface area (Å²) in [5.41, 5.74) is 5.90. The van der Waals surface area contributed by atoms with Crippen LogP contribution in [0, 0.1) is 17.8 Å². The molecule has 2 saturated carbocycles. The summed E-state index contributed by atoms with van der Waals surface area (Å²) in [7, 11) is 0. The third-order valence-corrected chi connectivity index (χ3v) is 4.11. The largest absolute Gasteiger partial charge is 0.356 e. The number of hydrogen-bond donors (Lipinski definition) is 2. The summed E-state index contributed by atoms with van der Waals surface area (Å²) in [5.74, 6) is 1.94. The Morgan fingerprint density at radius 3 is 2.75 bits per heavy atom. The number of nitrogens with two attached hydrogens (primary N) is 1. The minimum Gasteiger partial charge on any atom is -0.356 e. The molecule has 2 aliphatic carbocycles. The third kappa shape index (κ3) is 3.21. The SMILES string of the molecule is CC(CNC(=O)C1CCCC(N)C1)C1CC1. The molecule has 0 aliphatic heterocycles. The second-order valence-corrected chi connectivity index (χ2v) is 5.68. The molecule has 0 aromatic heterocycles. The minimum absolute atomic E-state index is 0.176. The first kappa shape index (κ1) is 11.9. The summed E-state index contributed by atoms with van der Waals surface area (Å²) in [4.78, 5) is 11.9. The molecule has 0 aromatic rings. The van der Waals surface area contributed by atoms with Crippen molar-refractivity contribution in [2.75, 3.05) is 6.54 Å². The molecule has 16 heavy (non-hydrogen) atoms. The zero-order valence-electron chi connectivity index (χ0n) is 10.2. The summed E-state index contributed by atoms with van der Waals surface area (Å²) >= 11 is 0. The standard InChI is InChI=1S/C13H24N2O/c1-9(10-5-6-10)8-15-13(16)11-3-2-4-12(14)7-11/h9-12H,2-8,14H2,1H3,(H,15,16). The van der Waals surface area contributed by atoms with Gasteiger partial charge in [0.1, 0.15) is 0 Å². The normalized spacial score (nSPS) is 32.1. The fourth-order valence-corrected chi connectivity index (χ4v) is 2.70. The monoisotopic (exact) mass is 224 g/mol. The maximum Gasteiger partial charge on any atom is 0.223 e. The summed E-state index contributed by atoms with van der Waals surface area (Å²) < 4.78 is 0. The molecule has 92 valence electrons. The Hall–Kier alpha value is -0.570. The molecule has 0 radical (unpaired) electrons. The van der Waals surface area contributed by atoms with Gasteiger partial charge in [0.05, 0.1) is 0 Å². The molecule has 3 unspecified atom stereocenters. The average molecular weight is 224 g/mol. The van der Waals surface area contributed by atoms with E-state index in [9.17, 15) is 4.79 Å². The van der Waals surface area contributed by atoms with E-state index in [2.05, 4.69) is 12.2 Å². The van der Waals surface area contributed by atoms with E-state index in [1.54, 1.807) is 0 Å². The molecule has 3 heteroatoms. The van der Waals surface area contributed by atoms with E-state index in [4.69, 9.17) is 5.73 Å². The Morgan fingerprint density at radius 2 is 2.12 bits per heavy atom. The summed E-state index contributed by atoms with van der Waals surface area (Å²) in [5, 5.41) is 3.10. The highest BCUT2D eigenvalue weighted by Crippen LogP contribution is 2.36. The molecule has 3 atom stereocenters. The van der Waals surface area contributed by atoms with Crippen molar-refractivity contribution in [1.82, 2.24) is 5.32 Å². The van der Waals surface area contributed by atoms with E-state index in [1.807, 2.05) is 0 Å². The van der Waals surface area contributed by atoms with Crippen molar-refractivity contribution in [3.63, 3.8) is 0 Å². The zero-order valence-corrected chi connectivity index (χ0v) is 10.2. The molecule has 1 amide bonds. The van der Waals surface area contributed by atoms with E-state index in [-0.39, 0.29) is 17.9 Å². The minimum atomic E-state index is 0.176. The van der Waals surface area contributed by atoms with Gasteiger partial charge in [0, 0.05) is 18.5 Å². The van der Waals surface area contributed by atoms with Gasteiger partial charge in [-0.15, -0.1) is 0 Å². The van der Waals surface area contributed by atoms with Crippen LogP contribution in [0.3, 0.4) is 0 Å². The van der Waals surface area contributed by atoms with Crippen LogP contribution in [0.5, 0.6) is 0 Å². The Kier molecular flexibility index (Phi) is 3.85. The van der Waals surface area contributed by atoms with Gasteiger partial charge in [0.25, 0.3) is 0 Å². The smallest absolute Gasteiger partial charge is 0.223 e. The molecular weight excluding hydrogens is 200 g/mol. The van der Waals surface area contributed by atoms with Crippen LogP contribution in [0.4, 0.5) is 0 Å². The fourth-order valence-electron chi connectivity index (χ4n) is 2.70. The van der Waals surface area contributed by atoms with E-state index >= 15 is 0 Å². The van der Waals surface area contributed by atoms with E-state index in [0.717, 1.165) is 38.1 Å². The first-order valence-corrected chi connectivity index (χ1v) is 6.70. The van der Waals surface area contributed by atoms with Crippen molar-refractivity contribution < 1.29 is 4.79 Å². The molecule has 2 fully saturated rings. The average Bonchev–Trinajstić information content (AvgIpc) is 3.09. The van der Waals surface area contributed by atoms with Crippen LogP contribution in [-0.2, 0) is 4.79 Å². The second-order valence-electron chi connectivity index (χ2n) is 5.68. The Morgan fingerprint density at radius 1 is 1.38 bits per heavy atom. The molecule has 3 nitrogen and oxygen atoms in total. The number of hydrogen-bond acceptors (Lipinski definition) is 2. The number of rotatable bonds is 4. The van der Waals surface area contributed by atoms with Gasteiger partial charge in [-0.25, -0.2) is 0 Å². The van der Waals surface area contributed by atoms with Crippen molar-refractivity contribution in [3.8, 4) is 0 Å². The van der Waals surface area contributed by atoms with Crippen LogP contribution in [0.2, 0.25) is 0 Å². The van der Waals surface area contributed by atoms with Gasteiger partial charge in [-0.05, 0) is 43.9 Å². The highest BCUT2D eigenvalue weighted by Gasteiger charge is 2.29. The lowest BCUT2D eigenvalue weighted by atomic mass is 9.85. The molecule has 0 aromatic carbocycles. The van der Waals surface area contributed by atoms with Crippen molar-refractivity contribution in [3.05, 3.63) is 0 Å². The Bertz CT molecular complexity index is 250. The summed E-state index contributed by atoms with van der Waals surface area (Å²) in [6, 6.07) is 0.241. The predicted molar refractivity (Wildman–Crippen MR) is 64.8 cm³/mol. The molecule has 2 rings (SSSR count). The zero-order chi connectivity index (χ0) is 11.5. The predicted octanol–water partition coefficient (Wildman–Crippen LogP) is 1.67. The van der Waals surface area contributed by atoms with Gasteiger partial charge in [0.2, 0.25) is 5.91 Å². The first-order chi connectivity index (χ1) is 7.66. The lowest BCUT2D eigenvalue weighted by molar-refractivity contribution is -0.126. The summed E-state index contributed by atoms with van der Waals surface area (Å²) in [6.45, 7) is 3.10. The molecular formula is C13H24N2O. The Balaban J connectivity index is 1.69. The molecule has 2 aliphatic rings.